The van der Waals surface area contributed by atoms with E-state index in [0.717, 1.165) is 24.9 Å². The summed E-state index contributed by atoms with van der Waals surface area (Å²) in [5.74, 6) is 1.31. The highest BCUT2D eigenvalue weighted by atomic mass is 19.1. The molecule has 2 aliphatic carbocycles. The second kappa shape index (κ2) is 5.45. The number of aryl methyl sites for hydroxylation is 1. The van der Waals surface area contributed by atoms with Crippen LogP contribution in [-0.4, -0.2) is 29.2 Å². The average Bonchev–Trinajstić information content (AvgIpc) is 2.91. The highest BCUT2D eigenvalue weighted by molar-refractivity contribution is 5.23. The first-order valence-electron chi connectivity index (χ1n) is 7.66. The van der Waals surface area contributed by atoms with Crippen LogP contribution in [0, 0.1) is 24.6 Å². The maximum absolute atomic E-state index is 13.3. The molecule has 3 rings (SSSR count). The highest BCUT2D eigenvalue weighted by Gasteiger charge is 2.42. The zero-order valence-corrected chi connectivity index (χ0v) is 12.3. The van der Waals surface area contributed by atoms with Crippen molar-refractivity contribution in [3.8, 4) is 0 Å². The lowest BCUT2D eigenvalue weighted by Gasteiger charge is -2.25. The summed E-state index contributed by atoms with van der Waals surface area (Å²) in [6.07, 6.45) is 4.34. The molecule has 2 saturated carbocycles. The van der Waals surface area contributed by atoms with Crippen LogP contribution in [0.3, 0.4) is 0 Å². The van der Waals surface area contributed by atoms with Gasteiger partial charge in [-0.05, 0) is 68.7 Å². The number of rotatable bonds is 3. The fraction of sp³-hybridized carbons (Fsp3) is 0.647. The molecular weight excluding hydrogens is 253 g/mol. The Morgan fingerprint density at radius 3 is 2.45 bits per heavy atom. The molecule has 2 nitrogen and oxygen atoms in total. The molecule has 4 atom stereocenters. The van der Waals surface area contributed by atoms with Crippen LogP contribution in [0.4, 0.5) is 4.39 Å². The molecule has 110 valence electrons. The fourth-order valence-corrected chi connectivity index (χ4v) is 4.13. The quantitative estimate of drug-likeness (QED) is 0.917. The summed E-state index contributed by atoms with van der Waals surface area (Å²) >= 11 is 0. The van der Waals surface area contributed by atoms with E-state index < -0.39 is 0 Å². The van der Waals surface area contributed by atoms with Crippen LogP contribution in [0.1, 0.15) is 36.8 Å². The molecular formula is C17H24FNO. The minimum absolute atomic E-state index is 0.0593. The first-order chi connectivity index (χ1) is 9.52. The molecule has 2 fully saturated rings. The van der Waals surface area contributed by atoms with Crippen LogP contribution in [0.25, 0.3) is 0 Å². The largest absolute Gasteiger partial charge is 0.393 e. The van der Waals surface area contributed by atoms with Gasteiger partial charge < -0.3 is 5.11 Å². The minimum atomic E-state index is -0.124. The lowest BCUT2D eigenvalue weighted by atomic mass is 10.0. The van der Waals surface area contributed by atoms with Gasteiger partial charge in [-0.25, -0.2) is 4.39 Å². The van der Waals surface area contributed by atoms with Gasteiger partial charge in [0.05, 0.1) is 6.10 Å². The second-order valence-electron chi connectivity index (χ2n) is 6.77. The number of aliphatic hydroxyl groups excluding tert-OH is 1. The van der Waals surface area contributed by atoms with E-state index in [9.17, 15) is 9.50 Å². The smallest absolute Gasteiger partial charge is 0.126 e. The van der Waals surface area contributed by atoms with Crippen LogP contribution < -0.4 is 0 Å². The molecule has 0 amide bonds. The van der Waals surface area contributed by atoms with Crippen molar-refractivity contribution in [2.75, 3.05) is 7.05 Å². The Bertz CT molecular complexity index is 476. The fourth-order valence-electron chi connectivity index (χ4n) is 4.13. The summed E-state index contributed by atoms with van der Waals surface area (Å²) in [7, 11) is 2.17. The summed E-state index contributed by atoms with van der Waals surface area (Å²) in [5.41, 5.74) is 1.91. The van der Waals surface area contributed by atoms with Gasteiger partial charge >= 0.3 is 0 Å². The maximum Gasteiger partial charge on any atom is 0.126 e. The van der Waals surface area contributed by atoms with Gasteiger partial charge in [0.25, 0.3) is 0 Å². The highest BCUT2D eigenvalue weighted by Crippen LogP contribution is 2.45. The van der Waals surface area contributed by atoms with Crippen molar-refractivity contribution in [1.82, 2.24) is 4.90 Å². The van der Waals surface area contributed by atoms with E-state index in [0.29, 0.717) is 17.9 Å². The van der Waals surface area contributed by atoms with E-state index in [1.165, 1.54) is 18.4 Å². The van der Waals surface area contributed by atoms with Crippen LogP contribution in [-0.2, 0) is 6.54 Å². The number of hydrogen-bond donors (Lipinski definition) is 1. The number of aliphatic hydroxyl groups is 1. The van der Waals surface area contributed by atoms with Gasteiger partial charge in [-0.1, -0.05) is 12.1 Å². The zero-order valence-electron chi connectivity index (χ0n) is 12.3. The van der Waals surface area contributed by atoms with Crippen LogP contribution in [0.5, 0.6) is 0 Å². The molecule has 2 unspecified atom stereocenters. The second-order valence-corrected chi connectivity index (χ2v) is 6.77. The Hall–Kier alpha value is -0.930. The molecule has 20 heavy (non-hydrogen) atoms. The normalized spacial score (nSPS) is 32.9. The molecule has 0 radical (unpaired) electrons. The summed E-state index contributed by atoms with van der Waals surface area (Å²) in [5, 5.41) is 9.70. The van der Waals surface area contributed by atoms with E-state index in [1.54, 1.807) is 6.07 Å². The average molecular weight is 277 g/mol. The van der Waals surface area contributed by atoms with Crippen LogP contribution in [0.15, 0.2) is 18.2 Å². The van der Waals surface area contributed by atoms with Crippen LogP contribution >= 0.6 is 0 Å². The molecule has 0 aromatic heterocycles. The maximum atomic E-state index is 13.3. The summed E-state index contributed by atoms with van der Waals surface area (Å²) < 4.78 is 13.3. The molecule has 3 heteroatoms. The van der Waals surface area contributed by atoms with Crippen molar-refractivity contribution >= 4 is 0 Å². The van der Waals surface area contributed by atoms with E-state index in [-0.39, 0.29) is 11.9 Å². The predicted molar refractivity (Wildman–Crippen MR) is 77.8 cm³/mol. The molecule has 0 spiro atoms. The Balaban J connectivity index is 1.60. The van der Waals surface area contributed by atoms with Gasteiger partial charge in [-0.2, -0.15) is 0 Å². The standard InChI is InChI=1S/C17H24FNO/c1-11-5-12(3-4-17(11)18)10-19(2)15-6-13-8-16(20)9-14(13)7-15/h3-5,13-16,20H,6-10H2,1-2H3/t13-,14+,15?,16?. The first-order valence-corrected chi connectivity index (χ1v) is 7.66. The van der Waals surface area contributed by atoms with Crippen molar-refractivity contribution in [1.29, 1.82) is 0 Å². The van der Waals surface area contributed by atoms with Crippen molar-refractivity contribution in [3.63, 3.8) is 0 Å². The minimum Gasteiger partial charge on any atom is -0.393 e. The predicted octanol–water partition coefficient (Wildman–Crippen LogP) is 3.12. The van der Waals surface area contributed by atoms with Crippen molar-refractivity contribution in [2.24, 2.45) is 11.8 Å². The molecule has 0 saturated heterocycles. The van der Waals surface area contributed by atoms with E-state index in [4.69, 9.17) is 0 Å². The lowest BCUT2D eigenvalue weighted by Crippen LogP contribution is -2.29. The number of halogens is 1. The zero-order chi connectivity index (χ0) is 14.3. The molecule has 2 aliphatic rings. The number of benzene rings is 1. The monoisotopic (exact) mass is 277 g/mol. The van der Waals surface area contributed by atoms with Crippen molar-refractivity contribution < 1.29 is 9.50 Å². The molecule has 1 aromatic rings. The van der Waals surface area contributed by atoms with Crippen molar-refractivity contribution in [3.05, 3.63) is 35.1 Å². The number of fused-ring (bicyclic) bond motifs is 1. The Labute approximate surface area is 120 Å². The summed E-state index contributed by atoms with van der Waals surface area (Å²) in [6.45, 7) is 2.70. The van der Waals surface area contributed by atoms with E-state index in [1.807, 2.05) is 19.1 Å². The first kappa shape index (κ1) is 14.0. The summed E-state index contributed by atoms with van der Waals surface area (Å²) in [6, 6.07) is 6.02. The van der Waals surface area contributed by atoms with Crippen molar-refractivity contribution in [2.45, 2.75) is 51.3 Å². The molecule has 0 bridgehead atoms. The van der Waals surface area contributed by atoms with E-state index in [2.05, 4.69) is 11.9 Å². The lowest BCUT2D eigenvalue weighted by molar-refractivity contribution is 0.158. The molecule has 1 aromatic carbocycles. The Morgan fingerprint density at radius 2 is 1.85 bits per heavy atom. The topological polar surface area (TPSA) is 23.5 Å². The third-order valence-corrected chi connectivity index (χ3v) is 5.24. The van der Waals surface area contributed by atoms with Gasteiger partial charge in [-0.3, -0.25) is 4.90 Å². The van der Waals surface area contributed by atoms with Gasteiger partial charge in [-0.15, -0.1) is 0 Å². The van der Waals surface area contributed by atoms with Gasteiger partial charge in [0.1, 0.15) is 5.82 Å². The summed E-state index contributed by atoms with van der Waals surface area (Å²) in [4.78, 5) is 2.40. The van der Waals surface area contributed by atoms with Gasteiger partial charge in [0.2, 0.25) is 0 Å². The van der Waals surface area contributed by atoms with E-state index >= 15 is 0 Å². The third kappa shape index (κ3) is 2.75. The molecule has 0 heterocycles. The van der Waals surface area contributed by atoms with Crippen LogP contribution in [0.2, 0.25) is 0 Å². The Morgan fingerprint density at radius 1 is 1.20 bits per heavy atom. The Kier molecular flexibility index (Phi) is 3.83. The molecule has 1 N–H and O–H groups in total. The van der Waals surface area contributed by atoms with Gasteiger partial charge in [0.15, 0.2) is 0 Å². The SMILES string of the molecule is Cc1cc(CN(C)C2C[C@H]3CC(O)C[C@H]3C2)ccc1F. The third-order valence-electron chi connectivity index (χ3n) is 5.24. The van der Waals surface area contributed by atoms with Gasteiger partial charge in [0, 0.05) is 12.6 Å². The number of hydrogen-bond acceptors (Lipinski definition) is 2. The number of nitrogens with zero attached hydrogens (tertiary/aromatic N) is 1. The molecule has 0 aliphatic heterocycles.